The van der Waals surface area contributed by atoms with E-state index in [1.165, 1.54) is 0 Å². The van der Waals surface area contributed by atoms with E-state index in [4.69, 9.17) is 4.74 Å². The molecular formula is C26H28F2N2O5. The van der Waals surface area contributed by atoms with Crippen molar-refractivity contribution in [3.63, 3.8) is 0 Å². The number of carbonyl (C=O) groups excluding carboxylic acids is 2. The zero-order valence-electron chi connectivity index (χ0n) is 19.1. The van der Waals surface area contributed by atoms with E-state index >= 15 is 0 Å². The summed E-state index contributed by atoms with van der Waals surface area (Å²) in [4.78, 5) is 35.9. The molecule has 2 aromatic rings. The largest absolute Gasteiger partial charge is 0.480 e. The van der Waals surface area contributed by atoms with Gasteiger partial charge < -0.3 is 20.5 Å². The van der Waals surface area contributed by atoms with Crippen LogP contribution in [-0.2, 0) is 14.3 Å². The highest BCUT2D eigenvalue weighted by Gasteiger charge is 2.43. The summed E-state index contributed by atoms with van der Waals surface area (Å²) in [6.07, 6.45) is 2.58. The summed E-state index contributed by atoms with van der Waals surface area (Å²) in [5.41, 5.74) is 4.03. The monoisotopic (exact) mass is 486 g/mol. The zero-order valence-corrected chi connectivity index (χ0v) is 19.1. The molecule has 7 nitrogen and oxygen atoms in total. The fourth-order valence-corrected chi connectivity index (χ4v) is 5.01. The molecule has 0 aliphatic heterocycles. The van der Waals surface area contributed by atoms with E-state index in [-0.39, 0.29) is 12.5 Å². The van der Waals surface area contributed by atoms with E-state index < -0.39 is 42.4 Å². The Kier molecular flexibility index (Phi) is 7.33. The molecule has 0 radical (unpaired) electrons. The number of halogens is 2. The van der Waals surface area contributed by atoms with Crippen molar-refractivity contribution in [2.24, 2.45) is 5.92 Å². The third kappa shape index (κ3) is 5.44. The van der Waals surface area contributed by atoms with Gasteiger partial charge in [0.05, 0.1) is 6.54 Å². The fraction of sp³-hybridized carbons (Fsp3) is 0.423. The normalized spacial score (nSPS) is 16.6. The maximum absolute atomic E-state index is 14.4. The number of hydrogen-bond acceptors (Lipinski definition) is 4. The minimum Gasteiger partial charge on any atom is -0.480 e. The van der Waals surface area contributed by atoms with Crippen molar-refractivity contribution in [2.45, 2.75) is 50.0 Å². The number of alkyl halides is 2. The molecule has 3 N–H and O–H groups in total. The SMILES string of the molecule is O=C(NCC(F)(F)C(=O)NC(C(=O)O)C1CCCCC1)OCC1c2ccccc2-c2ccccc21. The molecule has 9 heteroatoms. The van der Waals surface area contributed by atoms with Crippen molar-refractivity contribution >= 4 is 18.0 Å². The highest BCUT2D eigenvalue weighted by Crippen LogP contribution is 2.44. The Balaban J connectivity index is 1.32. The number of amides is 2. The van der Waals surface area contributed by atoms with Gasteiger partial charge in [-0.15, -0.1) is 0 Å². The lowest BCUT2D eigenvalue weighted by Crippen LogP contribution is -2.55. The van der Waals surface area contributed by atoms with Crippen LogP contribution in [0.1, 0.15) is 49.1 Å². The summed E-state index contributed by atoms with van der Waals surface area (Å²) in [5.74, 6) is -7.69. The summed E-state index contributed by atoms with van der Waals surface area (Å²) in [6.45, 7) is -1.35. The molecule has 1 fully saturated rings. The van der Waals surface area contributed by atoms with Gasteiger partial charge in [0.1, 0.15) is 12.6 Å². The molecule has 35 heavy (non-hydrogen) atoms. The van der Waals surface area contributed by atoms with Gasteiger partial charge in [-0.2, -0.15) is 8.78 Å². The van der Waals surface area contributed by atoms with Crippen LogP contribution in [0.15, 0.2) is 48.5 Å². The topological polar surface area (TPSA) is 105 Å². The first-order valence-electron chi connectivity index (χ1n) is 11.8. The van der Waals surface area contributed by atoms with E-state index in [1.807, 2.05) is 59.2 Å². The van der Waals surface area contributed by atoms with Gasteiger partial charge in [0.15, 0.2) is 0 Å². The van der Waals surface area contributed by atoms with E-state index in [9.17, 15) is 28.3 Å². The smallest absolute Gasteiger partial charge is 0.407 e. The average molecular weight is 487 g/mol. The number of alkyl carbamates (subject to hydrolysis) is 1. The molecule has 2 aliphatic rings. The number of nitrogens with one attached hydrogen (secondary N) is 2. The molecule has 2 aromatic carbocycles. The van der Waals surface area contributed by atoms with Gasteiger partial charge >= 0.3 is 18.0 Å². The van der Waals surface area contributed by atoms with Crippen LogP contribution in [0.4, 0.5) is 13.6 Å². The van der Waals surface area contributed by atoms with Crippen LogP contribution in [0.5, 0.6) is 0 Å². The minimum atomic E-state index is -3.99. The minimum absolute atomic E-state index is 0.0552. The average Bonchev–Trinajstić information content (AvgIpc) is 3.18. The number of rotatable bonds is 8. The number of carboxylic acid groups (broad SMARTS) is 1. The molecule has 1 unspecified atom stereocenters. The quantitative estimate of drug-likeness (QED) is 0.516. The predicted octanol–water partition coefficient (Wildman–Crippen LogP) is 4.31. The molecular weight excluding hydrogens is 458 g/mol. The van der Waals surface area contributed by atoms with Crippen LogP contribution >= 0.6 is 0 Å². The zero-order chi connectivity index (χ0) is 25.0. The number of carbonyl (C=O) groups is 3. The van der Waals surface area contributed by atoms with E-state index in [0.29, 0.717) is 12.8 Å². The summed E-state index contributed by atoms with van der Waals surface area (Å²) < 4.78 is 34.1. The number of hydrogen-bond donors (Lipinski definition) is 3. The van der Waals surface area contributed by atoms with Crippen molar-refractivity contribution in [1.29, 1.82) is 0 Å². The highest BCUT2D eigenvalue weighted by atomic mass is 19.3. The lowest BCUT2D eigenvalue weighted by atomic mass is 9.84. The molecule has 0 heterocycles. The summed E-state index contributed by atoms with van der Waals surface area (Å²) in [5, 5.41) is 13.3. The molecule has 186 valence electrons. The second-order valence-electron chi connectivity index (χ2n) is 9.07. The number of carboxylic acids is 1. The molecule has 0 aromatic heterocycles. The van der Waals surface area contributed by atoms with Gasteiger partial charge in [0, 0.05) is 5.92 Å². The Morgan fingerprint density at radius 1 is 0.971 bits per heavy atom. The molecule has 4 rings (SSSR count). The highest BCUT2D eigenvalue weighted by molar-refractivity contribution is 5.88. The Hall–Kier alpha value is -3.49. The van der Waals surface area contributed by atoms with Crippen LogP contribution in [0, 0.1) is 5.92 Å². The molecule has 1 atom stereocenters. The van der Waals surface area contributed by atoms with Crippen LogP contribution < -0.4 is 10.6 Å². The molecule has 2 aliphatic carbocycles. The van der Waals surface area contributed by atoms with E-state index in [2.05, 4.69) is 0 Å². The van der Waals surface area contributed by atoms with Crippen LogP contribution in [-0.4, -0.2) is 48.2 Å². The van der Waals surface area contributed by atoms with Crippen LogP contribution in [0.25, 0.3) is 11.1 Å². The standard InChI is InChI=1S/C26H28F2N2O5/c27-26(28,24(33)30-22(23(31)32)16-8-2-1-3-9-16)15-29-25(34)35-14-21-19-12-6-4-10-17(19)18-11-5-7-13-20(18)21/h4-7,10-13,16,21-22H,1-3,8-9,14-15H2,(H,29,34)(H,30,33)(H,31,32). The van der Waals surface area contributed by atoms with Crippen LogP contribution in [0.3, 0.4) is 0 Å². The van der Waals surface area contributed by atoms with E-state index in [1.54, 1.807) is 0 Å². The van der Waals surface area contributed by atoms with Gasteiger partial charge in [-0.25, -0.2) is 9.59 Å². The van der Waals surface area contributed by atoms with Gasteiger partial charge in [0.2, 0.25) is 0 Å². The van der Waals surface area contributed by atoms with Crippen molar-refractivity contribution in [3.05, 3.63) is 59.7 Å². The Morgan fingerprint density at radius 3 is 2.11 bits per heavy atom. The van der Waals surface area contributed by atoms with Gasteiger partial charge in [-0.1, -0.05) is 67.8 Å². The van der Waals surface area contributed by atoms with E-state index in [0.717, 1.165) is 41.5 Å². The van der Waals surface area contributed by atoms with Gasteiger partial charge in [-0.3, -0.25) is 4.79 Å². The summed E-state index contributed by atoms with van der Waals surface area (Å²) in [6, 6.07) is 14.0. The van der Waals surface area contributed by atoms with Crippen molar-refractivity contribution < 1.29 is 33.0 Å². The van der Waals surface area contributed by atoms with Crippen molar-refractivity contribution in [3.8, 4) is 11.1 Å². The maximum atomic E-state index is 14.4. The number of fused-ring (bicyclic) bond motifs is 3. The molecule has 0 spiro atoms. The van der Waals surface area contributed by atoms with Crippen LogP contribution in [0.2, 0.25) is 0 Å². The second kappa shape index (κ2) is 10.4. The van der Waals surface area contributed by atoms with Crippen molar-refractivity contribution in [1.82, 2.24) is 10.6 Å². The van der Waals surface area contributed by atoms with Gasteiger partial charge in [-0.05, 0) is 41.0 Å². The molecule has 1 saturated carbocycles. The Labute approximate surface area is 201 Å². The fourth-order valence-electron chi connectivity index (χ4n) is 5.01. The predicted molar refractivity (Wildman–Crippen MR) is 124 cm³/mol. The Bertz CT molecular complexity index is 1060. The molecule has 2 amide bonds. The lowest BCUT2D eigenvalue weighted by Gasteiger charge is -2.29. The maximum Gasteiger partial charge on any atom is 0.407 e. The third-order valence-corrected chi connectivity index (χ3v) is 6.80. The van der Waals surface area contributed by atoms with Crippen molar-refractivity contribution in [2.75, 3.05) is 13.2 Å². The van der Waals surface area contributed by atoms with Gasteiger partial charge in [0.25, 0.3) is 5.91 Å². The lowest BCUT2D eigenvalue weighted by molar-refractivity contribution is -0.152. The second-order valence-corrected chi connectivity index (χ2v) is 9.07. The first-order chi connectivity index (χ1) is 16.8. The summed E-state index contributed by atoms with van der Waals surface area (Å²) >= 11 is 0. The first kappa shape index (κ1) is 24.6. The Morgan fingerprint density at radius 2 is 1.54 bits per heavy atom. The summed E-state index contributed by atoms with van der Waals surface area (Å²) in [7, 11) is 0. The number of benzene rings is 2. The third-order valence-electron chi connectivity index (χ3n) is 6.80. The molecule has 0 saturated heterocycles. The number of aliphatic carboxylic acids is 1. The molecule has 0 bridgehead atoms. The number of ether oxygens (including phenoxy) is 1. The first-order valence-corrected chi connectivity index (χ1v) is 11.8.